The van der Waals surface area contributed by atoms with Crippen molar-refractivity contribution in [3.8, 4) is 0 Å². The molecule has 1 aromatic heterocycles. The van der Waals surface area contributed by atoms with Gasteiger partial charge in [0.25, 0.3) is 0 Å². The van der Waals surface area contributed by atoms with E-state index in [-0.39, 0.29) is 11.1 Å². The highest BCUT2D eigenvalue weighted by Gasteiger charge is 2.43. The molecule has 1 fully saturated rings. The first kappa shape index (κ1) is 9.39. The third-order valence-corrected chi connectivity index (χ3v) is 3.49. The van der Waals surface area contributed by atoms with Gasteiger partial charge in [-0.15, -0.1) is 0 Å². The molecule has 0 atom stereocenters. The second kappa shape index (κ2) is 3.33. The number of rotatable bonds is 2. The molecule has 82 valence electrons. The third kappa shape index (κ3) is 1.23. The number of nitrogens with one attached hydrogen (secondary N) is 2. The lowest BCUT2D eigenvalue weighted by Gasteiger charge is -2.40. The zero-order valence-corrected chi connectivity index (χ0v) is 8.86. The van der Waals surface area contributed by atoms with E-state index in [1.54, 1.807) is 0 Å². The Hall–Kier alpha value is -1.84. The first-order chi connectivity index (χ1) is 7.81. The maximum Gasteiger partial charge on any atom is 0.340 e. The van der Waals surface area contributed by atoms with E-state index in [1.165, 1.54) is 12.0 Å². The van der Waals surface area contributed by atoms with Crippen LogP contribution < -0.4 is 5.69 Å². The second-order valence-electron chi connectivity index (χ2n) is 4.33. The zero-order valence-electron chi connectivity index (χ0n) is 8.86. The van der Waals surface area contributed by atoms with Gasteiger partial charge < -0.3 is 0 Å². The van der Waals surface area contributed by atoms with Gasteiger partial charge in [0.2, 0.25) is 0 Å². The van der Waals surface area contributed by atoms with Gasteiger partial charge in [0.05, 0.1) is 5.41 Å². The monoisotopic (exact) mass is 215 g/mol. The SMILES string of the molecule is O=c1[nH]nc(C2(c3ccccc3)CCC2)[nH]1. The van der Waals surface area contributed by atoms with Crippen molar-refractivity contribution in [1.82, 2.24) is 15.2 Å². The van der Waals surface area contributed by atoms with Crippen LogP contribution in [0.5, 0.6) is 0 Å². The normalized spacial score (nSPS) is 18.0. The fraction of sp³-hybridized carbons (Fsp3) is 0.333. The molecule has 2 aromatic rings. The van der Waals surface area contributed by atoms with Gasteiger partial charge in [-0.25, -0.2) is 9.89 Å². The Balaban J connectivity index is 2.10. The zero-order chi connectivity index (χ0) is 11.0. The molecule has 0 unspecified atom stereocenters. The van der Waals surface area contributed by atoms with Crippen LogP contribution in [0.1, 0.15) is 30.7 Å². The summed E-state index contributed by atoms with van der Waals surface area (Å²) < 4.78 is 0. The van der Waals surface area contributed by atoms with E-state index >= 15 is 0 Å². The van der Waals surface area contributed by atoms with Crippen molar-refractivity contribution < 1.29 is 0 Å². The predicted octanol–water partition coefficient (Wildman–Crippen LogP) is 1.57. The van der Waals surface area contributed by atoms with Crippen LogP contribution in [0.2, 0.25) is 0 Å². The van der Waals surface area contributed by atoms with Crippen molar-refractivity contribution in [3.05, 3.63) is 52.2 Å². The molecule has 0 amide bonds. The molecule has 1 aliphatic carbocycles. The maximum atomic E-state index is 11.1. The molecule has 0 bridgehead atoms. The van der Waals surface area contributed by atoms with Gasteiger partial charge in [0.1, 0.15) is 5.82 Å². The van der Waals surface area contributed by atoms with E-state index in [0.717, 1.165) is 18.7 Å². The summed E-state index contributed by atoms with van der Waals surface area (Å²) in [4.78, 5) is 13.9. The fourth-order valence-electron chi connectivity index (χ4n) is 2.45. The van der Waals surface area contributed by atoms with Gasteiger partial charge in [-0.2, -0.15) is 5.10 Å². The van der Waals surface area contributed by atoms with Gasteiger partial charge in [0.15, 0.2) is 0 Å². The highest BCUT2D eigenvalue weighted by atomic mass is 16.1. The molecule has 0 aliphatic heterocycles. The molecule has 0 saturated heterocycles. The van der Waals surface area contributed by atoms with Crippen molar-refractivity contribution in [2.45, 2.75) is 24.7 Å². The number of hydrogen-bond acceptors (Lipinski definition) is 2. The molecule has 1 aromatic carbocycles. The van der Waals surface area contributed by atoms with Crippen molar-refractivity contribution in [2.24, 2.45) is 0 Å². The molecular formula is C12H13N3O. The number of hydrogen-bond donors (Lipinski definition) is 2. The summed E-state index contributed by atoms with van der Waals surface area (Å²) >= 11 is 0. The van der Waals surface area contributed by atoms with E-state index < -0.39 is 0 Å². The van der Waals surface area contributed by atoms with Crippen molar-refractivity contribution >= 4 is 0 Å². The molecule has 1 heterocycles. The topological polar surface area (TPSA) is 61.5 Å². The minimum absolute atomic E-state index is 0.0690. The smallest absolute Gasteiger partial charge is 0.292 e. The Morgan fingerprint density at radius 1 is 1.19 bits per heavy atom. The van der Waals surface area contributed by atoms with Gasteiger partial charge in [-0.3, -0.25) is 4.98 Å². The lowest BCUT2D eigenvalue weighted by Crippen LogP contribution is -2.36. The molecule has 3 rings (SSSR count). The molecule has 4 heteroatoms. The minimum atomic E-state index is -0.225. The number of aromatic nitrogens is 3. The summed E-state index contributed by atoms with van der Waals surface area (Å²) in [6, 6.07) is 10.3. The van der Waals surface area contributed by atoms with E-state index in [1.807, 2.05) is 18.2 Å². The number of nitrogens with zero attached hydrogens (tertiary/aromatic N) is 1. The minimum Gasteiger partial charge on any atom is -0.292 e. The van der Waals surface area contributed by atoms with Gasteiger partial charge in [-0.05, 0) is 18.4 Å². The summed E-state index contributed by atoms with van der Waals surface area (Å²) in [5.41, 5.74) is 0.946. The van der Waals surface area contributed by atoms with Gasteiger partial charge >= 0.3 is 5.69 Å². The Morgan fingerprint density at radius 3 is 2.44 bits per heavy atom. The second-order valence-corrected chi connectivity index (χ2v) is 4.33. The summed E-state index contributed by atoms with van der Waals surface area (Å²) in [6.45, 7) is 0. The number of H-pyrrole nitrogens is 2. The predicted molar refractivity (Wildman–Crippen MR) is 60.3 cm³/mol. The molecule has 1 aliphatic rings. The number of aromatic amines is 2. The van der Waals surface area contributed by atoms with Gasteiger partial charge in [0, 0.05) is 0 Å². The molecule has 0 spiro atoms. The maximum absolute atomic E-state index is 11.1. The van der Waals surface area contributed by atoms with Gasteiger partial charge in [-0.1, -0.05) is 36.8 Å². The van der Waals surface area contributed by atoms with Crippen LogP contribution in [0, 0.1) is 0 Å². The highest BCUT2D eigenvalue weighted by molar-refractivity contribution is 5.35. The van der Waals surface area contributed by atoms with Crippen LogP contribution in [0.15, 0.2) is 35.1 Å². The van der Waals surface area contributed by atoms with Crippen LogP contribution in [-0.4, -0.2) is 15.2 Å². The Morgan fingerprint density at radius 2 is 1.94 bits per heavy atom. The van der Waals surface area contributed by atoms with Crippen LogP contribution in [0.3, 0.4) is 0 Å². The van der Waals surface area contributed by atoms with Crippen LogP contribution in [0.4, 0.5) is 0 Å². The first-order valence-electron chi connectivity index (χ1n) is 5.52. The average molecular weight is 215 g/mol. The quantitative estimate of drug-likeness (QED) is 0.798. The van der Waals surface area contributed by atoms with Crippen molar-refractivity contribution in [2.75, 3.05) is 0 Å². The fourth-order valence-corrected chi connectivity index (χ4v) is 2.45. The van der Waals surface area contributed by atoms with Crippen LogP contribution >= 0.6 is 0 Å². The molecular weight excluding hydrogens is 202 g/mol. The van der Waals surface area contributed by atoms with E-state index in [9.17, 15) is 4.79 Å². The van der Waals surface area contributed by atoms with E-state index in [2.05, 4.69) is 27.3 Å². The third-order valence-electron chi connectivity index (χ3n) is 3.49. The lowest BCUT2D eigenvalue weighted by molar-refractivity contribution is 0.286. The largest absolute Gasteiger partial charge is 0.340 e. The first-order valence-corrected chi connectivity index (χ1v) is 5.52. The summed E-state index contributed by atoms with van der Waals surface area (Å²) in [7, 11) is 0. The summed E-state index contributed by atoms with van der Waals surface area (Å²) in [5, 5.41) is 6.54. The van der Waals surface area contributed by atoms with Crippen LogP contribution in [0.25, 0.3) is 0 Å². The molecule has 4 nitrogen and oxygen atoms in total. The van der Waals surface area contributed by atoms with E-state index in [0.29, 0.717) is 0 Å². The van der Waals surface area contributed by atoms with Crippen molar-refractivity contribution in [1.29, 1.82) is 0 Å². The number of benzene rings is 1. The van der Waals surface area contributed by atoms with E-state index in [4.69, 9.17) is 0 Å². The lowest BCUT2D eigenvalue weighted by atomic mass is 9.64. The summed E-state index contributed by atoms with van der Waals surface area (Å²) in [6.07, 6.45) is 3.29. The average Bonchev–Trinajstić information content (AvgIpc) is 2.65. The molecule has 1 saturated carbocycles. The van der Waals surface area contributed by atoms with Crippen molar-refractivity contribution in [3.63, 3.8) is 0 Å². The molecule has 0 radical (unpaired) electrons. The highest BCUT2D eigenvalue weighted by Crippen LogP contribution is 2.46. The molecule has 2 N–H and O–H groups in total. The Bertz CT molecular complexity index is 537. The standard InChI is InChI=1S/C12H13N3O/c16-11-13-10(14-15-11)12(7-4-8-12)9-5-2-1-3-6-9/h1-3,5-6H,4,7-8H2,(H2,13,14,15,16). The Kier molecular flexibility index (Phi) is 1.96. The summed E-state index contributed by atoms with van der Waals surface area (Å²) in [5.74, 6) is 0.773. The Labute approximate surface area is 92.7 Å². The van der Waals surface area contributed by atoms with Crippen LogP contribution in [-0.2, 0) is 5.41 Å². The molecule has 16 heavy (non-hydrogen) atoms.